The van der Waals surface area contributed by atoms with Crippen molar-refractivity contribution < 1.29 is 31.3 Å². The second-order valence-corrected chi connectivity index (χ2v) is 3.47. The van der Waals surface area contributed by atoms with Crippen molar-refractivity contribution in [1.82, 2.24) is 0 Å². The van der Waals surface area contributed by atoms with Crippen LogP contribution >= 0.6 is 0 Å². The zero-order chi connectivity index (χ0) is 14.4. The Balaban J connectivity index is -0.000000325. The van der Waals surface area contributed by atoms with Gasteiger partial charge in [0.2, 0.25) is 0 Å². The molecule has 19 heavy (non-hydrogen) atoms. The molecule has 0 saturated carbocycles. The first-order valence-corrected chi connectivity index (χ1v) is 5.21. The molecule has 92 valence electrons. The van der Waals surface area contributed by atoms with Crippen molar-refractivity contribution in [2.24, 2.45) is 0 Å². The minimum absolute atomic E-state index is 0. The molecule has 3 nitrogen and oxygen atoms in total. The average Bonchev–Trinajstić information content (AvgIpc) is 2.47. The summed E-state index contributed by atoms with van der Waals surface area (Å²) in [5, 5.41) is 0. The van der Waals surface area contributed by atoms with Crippen LogP contribution in [0, 0.1) is 20.0 Å². The van der Waals surface area contributed by atoms with E-state index in [1.54, 1.807) is 11.1 Å². The van der Waals surface area contributed by atoms with Gasteiger partial charge in [-0.2, -0.15) is 0 Å². The van der Waals surface area contributed by atoms with Crippen LogP contribution in [0.2, 0.25) is 0 Å². The summed E-state index contributed by atoms with van der Waals surface area (Å²) in [4.78, 5) is 0. The predicted molar refractivity (Wildman–Crippen MR) is 64.1 cm³/mol. The molecule has 2 rings (SSSR count). The van der Waals surface area contributed by atoms with Crippen molar-refractivity contribution in [3.05, 3.63) is 68.0 Å². The molecule has 0 aromatic heterocycles. The maximum Gasteiger partial charge on any atom is 6.00 e. The number of allylic oxidation sites excluding steroid dienone is 1. The summed E-state index contributed by atoms with van der Waals surface area (Å²) in [5.41, 5.74) is 3.12. The van der Waals surface area contributed by atoms with Crippen molar-refractivity contribution in [1.29, 1.82) is 0 Å². The minimum Gasteiger partial charge on any atom is 6.00 e. The fourth-order valence-electron chi connectivity index (χ4n) is 1.94. The first-order valence-electron chi connectivity index (χ1n) is 5.21. The normalized spacial score (nSPS) is 12.6. The first kappa shape index (κ1) is 22.9. The Morgan fingerprint density at radius 3 is 2.11 bits per heavy atom. The van der Waals surface area contributed by atoms with Gasteiger partial charge in [0.15, 0.2) is 0 Å². The minimum atomic E-state index is 0. The van der Waals surface area contributed by atoms with Crippen LogP contribution in [0.4, 0.5) is 0 Å². The Morgan fingerprint density at radius 2 is 1.63 bits per heavy atom. The molecular formula is C15H14CrO3+6. The summed E-state index contributed by atoms with van der Waals surface area (Å²) in [5.74, 6) is 0.819. The van der Waals surface area contributed by atoms with Crippen LogP contribution < -0.4 is 0 Å². The Bertz CT molecular complexity index is 393. The summed E-state index contributed by atoms with van der Waals surface area (Å²) in [6, 6.07) is 8.76. The van der Waals surface area contributed by atoms with Crippen molar-refractivity contribution in [3.8, 4) is 0 Å². The summed E-state index contributed by atoms with van der Waals surface area (Å²) >= 11 is 0. The van der Waals surface area contributed by atoms with E-state index in [-0.39, 0.29) is 17.4 Å². The molecule has 1 aliphatic carbocycles. The smallest absolute Gasteiger partial charge is 6.00 e. The van der Waals surface area contributed by atoms with Gasteiger partial charge in [-0.05, 0) is 36.3 Å². The van der Waals surface area contributed by atoms with Crippen molar-refractivity contribution in [2.75, 3.05) is 0 Å². The number of fused-ring (bicyclic) bond motifs is 1. The molecule has 0 amide bonds. The van der Waals surface area contributed by atoms with Gasteiger partial charge in [0.25, 0.3) is 0 Å². The number of hydrogen-bond donors (Lipinski definition) is 0. The van der Waals surface area contributed by atoms with Crippen LogP contribution in [0.5, 0.6) is 0 Å². The summed E-state index contributed by atoms with van der Waals surface area (Å²) in [6.45, 7) is 17.2. The van der Waals surface area contributed by atoms with E-state index in [9.17, 15) is 0 Å². The van der Waals surface area contributed by atoms with Crippen LogP contribution in [-0.2, 0) is 37.7 Å². The van der Waals surface area contributed by atoms with Crippen LogP contribution in [0.25, 0.3) is 0 Å². The van der Waals surface area contributed by atoms with E-state index in [0.29, 0.717) is 0 Å². The van der Waals surface area contributed by atoms with Crippen molar-refractivity contribution >= 4 is 0 Å². The van der Waals surface area contributed by atoms with Gasteiger partial charge in [0.05, 0.1) is 0 Å². The van der Waals surface area contributed by atoms with E-state index in [1.807, 2.05) is 6.08 Å². The molecule has 1 unspecified atom stereocenters. The van der Waals surface area contributed by atoms with Crippen LogP contribution in [0.1, 0.15) is 29.9 Å². The van der Waals surface area contributed by atoms with E-state index >= 15 is 0 Å². The van der Waals surface area contributed by atoms with Gasteiger partial charge in [-0.25, -0.2) is 0 Å². The number of hydrogen-bond acceptors (Lipinski definition) is 0. The number of benzene rings is 1. The molecule has 1 aromatic carbocycles. The Labute approximate surface area is 125 Å². The van der Waals surface area contributed by atoms with Gasteiger partial charge < -0.3 is 0 Å². The van der Waals surface area contributed by atoms with Gasteiger partial charge in [0.1, 0.15) is 0 Å². The third kappa shape index (κ3) is 7.67. The molecule has 1 atom stereocenters. The maximum atomic E-state index is 7.50. The third-order valence-corrected chi connectivity index (χ3v) is 2.68. The van der Waals surface area contributed by atoms with Crippen LogP contribution in [-0.4, -0.2) is 0 Å². The molecule has 1 aliphatic rings. The fraction of sp³-hybridized carbons (Fsp3) is 0.267. The zero-order valence-corrected chi connectivity index (χ0v) is 11.7. The Hall–Kier alpha value is -1.29. The maximum absolute atomic E-state index is 7.50. The molecular weight excluding hydrogens is 280 g/mol. The molecule has 0 radical (unpaired) electrons. The van der Waals surface area contributed by atoms with Gasteiger partial charge in [-0.3, -0.25) is 0 Å². The van der Waals surface area contributed by atoms with E-state index in [1.165, 1.54) is 12.8 Å². The molecule has 0 fully saturated rings. The molecule has 4 heteroatoms. The van der Waals surface area contributed by atoms with Crippen molar-refractivity contribution in [3.63, 3.8) is 0 Å². The van der Waals surface area contributed by atoms with Gasteiger partial charge in [0, 0.05) is 0 Å². The largest absolute Gasteiger partial charge is 6.00 e. The van der Waals surface area contributed by atoms with Gasteiger partial charge in [-0.15, -0.1) is 6.58 Å². The van der Waals surface area contributed by atoms with Crippen LogP contribution in [0.15, 0.2) is 36.9 Å². The number of rotatable bonds is 3. The molecule has 0 heterocycles. The molecule has 0 N–H and O–H groups in total. The van der Waals surface area contributed by atoms with Gasteiger partial charge in [-0.1, -0.05) is 30.3 Å². The van der Waals surface area contributed by atoms with E-state index in [2.05, 4.69) is 50.8 Å². The van der Waals surface area contributed by atoms with E-state index in [4.69, 9.17) is 14.0 Å². The molecule has 0 saturated heterocycles. The molecule has 0 spiro atoms. The third-order valence-electron chi connectivity index (χ3n) is 2.68. The predicted octanol–water partition coefficient (Wildman–Crippen LogP) is 3.18. The second-order valence-electron chi connectivity index (χ2n) is 3.47. The van der Waals surface area contributed by atoms with Crippen LogP contribution in [0.3, 0.4) is 0 Å². The quantitative estimate of drug-likeness (QED) is 0.467. The average molecular weight is 294 g/mol. The fourth-order valence-corrected chi connectivity index (χ4v) is 1.94. The first-order chi connectivity index (χ1) is 8.92. The Morgan fingerprint density at radius 1 is 1.11 bits per heavy atom. The summed E-state index contributed by atoms with van der Waals surface area (Å²) < 4.78 is 22.5. The second kappa shape index (κ2) is 16.7. The zero-order valence-electron chi connectivity index (χ0n) is 10.4. The topological polar surface area (TPSA) is 59.7 Å². The van der Waals surface area contributed by atoms with Gasteiger partial charge >= 0.3 is 51.3 Å². The monoisotopic (exact) mass is 294 g/mol. The Kier molecular flexibility index (Phi) is 20.1. The van der Waals surface area contributed by atoms with E-state index in [0.717, 1.165) is 12.3 Å². The van der Waals surface area contributed by atoms with E-state index < -0.39 is 0 Å². The summed E-state index contributed by atoms with van der Waals surface area (Å²) in [6.07, 6.45) is 5.73. The summed E-state index contributed by atoms with van der Waals surface area (Å²) in [7, 11) is 0. The standard InChI is InChI=1S/C12H14.3CO.Cr/c1-2-3-6-10-9-11-7-4-5-8-12(10)11;3*1-2;/h2,4-5,7-8,10H,1,3,6,9H2;;;;/q;;;;+6. The van der Waals surface area contributed by atoms with Crippen molar-refractivity contribution in [2.45, 2.75) is 25.2 Å². The molecule has 1 aromatic rings. The SMILES string of the molecule is C=CCCC1Cc2ccccc21.[C-]#[O+].[C-]#[O+].[C-]#[O+].[Cr+6]. The molecule has 0 aliphatic heterocycles. The molecule has 0 bridgehead atoms.